The standard InChI is InChI=1S/C10H18F2N6O/c1-13-8-15-9(17-10(16-8)18(2)3)14-4-5-19-6-7(11)12/h7H,4-6H2,1-3H3,(H2,13,14,15,16,17). The predicted molar refractivity (Wildman–Crippen MR) is 69.0 cm³/mol. The van der Waals surface area contributed by atoms with E-state index in [-0.39, 0.29) is 6.61 Å². The molecule has 0 unspecified atom stereocenters. The van der Waals surface area contributed by atoms with Crippen LogP contribution < -0.4 is 15.5 Å². The van der Waals surface area contributed by atoms with Gasteiger partial charge in [-0.2, -0.15) is 15.0 Å². The molecule has 1 aromatic heterocycles. The third-order valence-electron chi connectivity index (χ3n) is 2.02. The second-order valence-electron chi connectivity index (χ2n) is 3.82. The molecule has 1 heterocycles. The van der Waals surface area contributed by atoms with Crippen molar-refractivity contribution in [1.29, 1.82) is 0 Å². The van der Waals surface area contributed by atoms with Gasteiger partial charge < -0.3 is 20.3 Å². The minimum absolute atomic E-state index is 0.155. The molecular weight excluding hydrogens is 258 g/mol. The van der Waals surface area contributed by atoms with E-state index in [2.05, 4.69) is 25.6 Å². The fraction of sp³-hybridized carbons (Fsp3) is 0.700. The molecule has 1 aromatic rings. The molecule has 0 saturated carbocycles. The van der Waals surface area contributed by atoms with Gasteiger partial charge in [0.15, 0.2) is 0 Å². The molecule has 9 heteroatoms. The molecule has 0 aliphatic carbocycles. The minimum Gasteiger partial charge on any atom is -0.374 e. The van der Waals surface area contributed by atoms with E-state index in [0.29, 0.717) is 24.4 Å². The first-order valence-electron chi connectivity index (χ1n) is 5.74. The van der Waals surface area contributed by atoms with E-state index in [4.69, 9.17) is 4.74 Å². The Bertz CT molecular complexity index is 390. The topological polar surface area (TPSA) is 75.2 Å². The lowest BCUT2D eigenvalue weighted by molar-refractivity contribution is 0.0214. The van der Waals surface area contributed by atoms with Crippen molar-refractivity contribution in [2.45, 2.75) is 6.43 Å². The van der Waals surface area contributed by atoms with Gasteiger partial charge in [-0.1, -0.05) is 0 Å². The number of alkyl halides is 2. The van der Waals surface area contributed by atoms with Crippen LogP contribution in [0.3, 0.4) is 0 Å². The van der Waals surface area contributed by atoms with Crippen LogP contribution in [-0.2, 0) is 4.74 Å². The first-order chi connectivity index (χ1) is 9.02. The number of hydrogen-bond donors (Lipinski definition) is 2. The fourth-order valence-electron chi connectivity index (χ4n) is 1.16. The summed E-state index contributed by atoms with van der Waals surface area (Å²) in [6, 6.07) is 0. The van der Waals surface area contributed by atoms with Crippen LogP contribution in [0.1, 0.15) is 0 Å². The van der Waals surface area contributed by atoms with E-state index in [1.54, 1.807) is 11.9 Å². The van der Waals surface area contributed by atoms with Crippen molar-refractivity contribution in [3.8, 4) is 0 Å². The highest BCUT2D eigenvalue weighted by molar-refractivity contribution is 5.42. The minimum atomic E-state index is -2.45. The summed E-state index contributed by atoms with van der Waals surface area (Å²) in [5, 5.41) is 5.71. The van der Waals surface area contributed by atoms with Gasteiger partial charge in [-0.05, 0) is 0 Å². The lowest BCUT2D eigenvalue weighted by Gasteiger charge is -2.13. The van der Waals surface area contributed by atoms with Crippen LogP contribution >= 0.6 is 0 Å². The summed E-state index contributed by atoms with van der Waals surface area (Å²) in [5.74, 6) is 1.29. The number of rotatable bonds is 8. The summed E-state index contributed by atoms with van der Waals surface area (Å²) in [6.45, 7) is -0.0709. The second kappa shape index (κ2) is 7.62. The molecule has 0 amide bonds. The van der Waals surface area contributed by atoms with Crippen LogP contribution in [0, 0.1) is 0 Å². The smallest absolute Gasteiger partial charge is 0.261 e. The Hall–Kier alpha value is -1.77. The highest BCUT2D eigenvalue weighted by atomic mass is 19.3. The Morgan fingerprint density at radius 1 is 1.21 bits per heavy atom. The molecule has 0 bridgehead atoms. The summed E-state index contributed by atoms with van der Waals surface area (Å²) in [7, 11) is 5.32. The number of nitrogens with one attached hydrogen (secondary N) is 2. The Morgan fingerprint density at radius 2 is 1.89 bits per heavy atom. The highest BCUT2D eigenvalue weighted by Crippen LogP contribution is 2.10. The molecular formula is C10H18F2N6O. The van der Waals surface area contributed by atoms with Gasteiger partial charge in [0.1, 0.15) is 6.61 Å². The zero-order chi connectivity index (χ0) is 14.3. The quantitative estimate of drug-likeness (QED) is 0.676. The molecule has 0 fully saturated rings. The van der Waals surface area contributed by atoms with E-state index < -0.39 is 13.0 Å². The van der Waals surface area contributed by atoms with Crippen LogP contribution in [0.25, 0.3) is 0 Å². The van der Waals surface area contributed by atoms with Crippen molar-refractivity contribution in [1.82, 2.24) is 15.0 Å². The normalized spacial score (nSPS) is 10.6. The first kappa shape index (κ1) is 15.3. The molecule has 1 rings (SSSR count). The Labute approximate surface area is 110 Å². The summed E-state index contributed by atoms with van der Waals surface area (Å²) < 4.78 is 28.4. The largest absolute Gasteiger partial charge is 0.374 e. The number of aromatic nitrogens is 3. The van der Waals surface area contributed by atoms with Gasteiger partial charge in [-0.15, -0.1) is 0 Å². The van der Waals surface area contributed by atoms with Crippen molar-refractivity contribution < 1.29 is 13.5 Å². The lowest BCUT2D eigenvalue weighted by atomic mass is 10.6. The SMILES string of the molecule is CNc1nc(NCCOCC(F)F)nc(N(C)C)n1. The Balaban J connectivity index is 2.50. The molecule has 0 aliphatic rings. The zero-order valence-electron chi connectivity index (χ0n) is 11.2. The maximum atomic E-state index is 11.8. The van der Waals surface area contributed by atoms with Gasteiger partial charge in [-0.25, -0.2) is 8.78 Å². The molecule has 108 valence electrons. The van der Waals surface area contributed by atoms with Crippen molar-refractivity contribution in [2.24, 2.45) is 0 Å². The Morgan fingerprint density at radius 3 is 2.47 bits per heavy atom. The molecule has 0 aliphatic heterocycles. The lowest BCUT2D eigenvalue weighted by Crippen LogP contribution is -2.18. The summed E-state index contributed by atoms with van der Waals surface area (Å²) in [6.07, 6.45) is -2.45. The average molecular weight is 276 g/mol. The number of halogens is 2. The monoisotopic (exact) mass is 276 g/mol. The zero-order valence-corrected chi connectivity index (χ0v) is 11.2. The third-order valence-corrected chi connectivity index (χ3v) is 2.02. The van der Waals surface area contributed by atoms with Gasteiger partial charge in [-0.3, -0.25) is 0 Å². The second-order valence-corrected chi connectivity index (χ2v) is 3.82. The van der Waals surface area contributed by atoms with Crippen LogP contribution in [0.4, 0.5) is 26.6 Å². The maximum Gasteiger partial charge on any atom is 0.261 e. The molecule has 0 radical (unpaired) electrons. The van der Waals surface area contributed by atoms with Crippen molar-refractivity contribution >= 4 is 17.8 Å². The molecule has 0 atom stereocenters. The van der Waals surface area contributed by atoms with E-state index in [0.717, 1.165) is 0 Å². The molecule has 7 nitrogen and oxygen atoms in total. The molecule has 0 aromatic carbocycles. The van der Waals surface area contributed by atoms with Gasteiger partial charge in [0.25, 0.3) is 6.43 Å². The molecule has 19 heavy (non-hydrogen) atoms. The van der Waals surface area contributed by atoms with Gasteiger partial charge in [0.05, 0.1) is 6.61 Å². The van der Waals surface area contributed by atoms with Gasteiger partial charge in [0.2, 0.25) is 17.8 Å². The Kier molecular flexibility index (Phi) is 6.13. The molecule has 2 N–H and O–H groups in total. The maximum absolute atomic E-state index is 11.8. The van der Waals surface area contributed by atoms with E-state index in [9.17, 15) is 8.78 Å². The number of anilines is 3. The summed E-state index contributed by atoms with van der Waals surface area (Å²) in [5.41, 5.74) is 0. The van der Waals surface area contributed by atoms with Crippen molar-refractivity contribution in [2.75, 3.05) is 56.4 Å². The fourth-order valence-corrected chi connectivity index (χ4v) is 1.16. The number of nitrogens with zero attached hydrogens (tertiary/aromatic N) is 4. The first-order valence-corrected chi connectivity index (χ1v) is 5.74. The van der Waals surface area contributed by atoms with Crippen molar-refractivity contribution in [3.63, 3.8) is 0 Å². The number of hydrogen-bond acceptors (Lipinski definition) is 7. The number of ether oxygens (including phenoxy) is 1. The summed E-state index contributed by atoms with van der Waals surface area (Å²) >= 11 is 0. The molecule has 0 spiro atoms. The van der Waals surface area contributed by atoms with E-state index >= 15 is 0 Å². The van der Waals surface area contributed by atoms with Crippen LogP contribution in [0.2, 0.25) is 0 Å². The van der Waals surface area contributed by atoms with Crippen LogP contribution in [-0.4, -0.2) is 62.3 Å². The van der Waals surface area contributed by atoms with E-state index in [1.807, 2.05) is 14.1 Å². The third kappa shape index (κ3) is 5.60. The van der Waals surface area contributed by atoms with Gasteiger partial charge in [0, 0.05) is 27.7 Å². The van der Waals surface area contributed by atoms with Crippen molar-refractivity contribution in [3.05, 3.63) is 0 Å². The summed E-state index contributed by atoms with van der Waals surface area (Å²) in [4.78, 5) is 14.1. The molecule has 0 saturated heterocycles. The average Bonchev–Trinajstić information content (AvgIpc) is 2.37. The van der Waals surface area contributed by atoms with E-state index in [1.165, 1.54) is 0 Å². The van der Waals surface area contributed by atoms with Gasteiger partial charge >= 0.3 is 0 Å². The van der Waals surface area contributed by atoms with Crippen LogP contribution in [0.5, 0.6) is 0 Å². The highest BCUT2D eigenvalue weighted by Gasteiger charge is 2.07. The predicted octanol–water partition coefficient (Wildman–Crippen LogP) is 0.673. The van der Waals surface area contributed by atoms with Crippen LogP contribution in [0.15, 0.2) is 0 Å².